The third-order valence-corrected chi connectivity index (χ3v) is 3.71. The summed E-state index contributed by atoms with van der Waals surface area (Å²) < 4.78 is 0. The molecule has 1 fully saturated rings. The molecule has 112 valence electrons. The van der Waals surface area contributed by atoms with E-state index in [0.717, 1.165) is 38.6 Å². The van der Waals surface area contributed by atoms with Gasteiger partial charge >= 0.3 is 0 Å². The minimum Gasteiger partial charge on any atom is -0.388 e. The molecule has 1 aliphatic rings. The van der Waals surface area contributed by atoms with Crippen LogP contribution in [0.2, 0.25) is 5.28 Å². The van der Waals surface area contributed by atoms with Crippen molar-refractivity contribution in [3.8, 4) is 0 Å². The first-order chi connectivity index (χ1) is 9.52. The Morgan fingerprint density at radius 3 is 2.65 bits per heavy atom. The molecule has 0 aliphatic heterocycles. The van der Waals surface area contributed by atoms with Gasteiger partial charge in [0.2, 0.25) is 17.2 Å². The van der Waals surface area contributed by atoms with E-state index in [1.807, 2.05) is 11.9 Å². The predicted octanol–water partition coefficient (Wildman–Crippen LogP) is 2.09. The largest absolute Gasteiger partial charge is 0.388 e. The van der Waals surface area contributed by atoms with Crippen LogP contribution in [0.5, 0.6) is 0 Å². The lowest BCUT2D eigenvalue weighted by Gasteiger charge is -2.28. The number of hydrogen-bond donors (Lipinski definition) is 2. The highest BCUT2D eigenvalue weighted by Gasteiger charge is 2.33. The van der Waals surface area contributed by atoms with Crippen molar-refractivity contribution in [3.63, 3.8) is 0 Å². The fourth-order valence-electron chi connectivity index (χ4n) is 2.53. The summed E-state index contributed by atoms with van der Waals surface area (Å²) >= 11 is 5.93. The average molecular weight is 300 g/mol. The van der Waals surface area contributed by atoms with E-state index in [1.54, 1.807) is 0 Å². The van der Waals surface area contributed by atoms with Crippen LogP contribution in [-0.2, 0) is 0 Å². The minimum atomic E-state index is -0.634. The molecule has 0 amide bonds. The van der Waals surface area contributed by atoms with Crippen molar-refractivity contribution in [1.82, 2.24) is 15.0 Å². The number of nitrogens with zero attached hydrogens (tertiary/aromatic N) is 4. The number of halogens is 1. The molecule has 7 heteroatoms. The van der Waals surface area contributed by atoms with Gasteiger partial charge in [-0.2, -0.15) is 15.0 Å². The summed E-state index contributed by atoms with van der Waals surface area (Å²) in [5.74, 6) is 0.969. The van der Waals surface area contributed by atoms with Crippen LogP contribution in [0.25, 0.3) is 0 Å². The molecule has 2 rings (SSSR count). The molecule has 20 heavy (non-hydrogen) atoms. The van der Waals surface area contributed by atoms with Crippen molar-refractivity contribution in [2.45, 2.75) is 44.6 Å². The standard InChI is InChI=1S/C13H22ClN5O/c1-3-8-15-11-16-10(14)17-12(18-11)19(2)9-13(20)6-4-5-7-13/h20H,3-9H2,1-2H3,(H,15,16,17,18). The third-order valence-electron chi connectivity index (χ3n) is 3.54. The molecular weight excluding hydrogens is 278 g/mol. The van der Waals surface area contributed by atoms with Gasteiger partial charge in [-0.05, 0) is 30.9 Å². The third kappa shape index (κ3) is 3.93. The molecule has 0 aromatic carbocycles. The summed E-state index contributed by atoms with van der Waals surface area (Å²) in [6, 6.07) is 0. The van der Waals surface area contributed by atoms with E-state index >= 15 is 0 Å². The van der Waals surface area contributed by atoms with Crippen LogP contribution in [0.15, 0.2) is 0 Å². The van der Waals surface area contributed by atoms with Crippen LogP contribution in [0.4, 0.5) is 11.9 Å². The van der Waals surface area contributed by atoms with Gasteiger partial charge in [0, 0.05) is 20.1 Å². The SMILES string of the molecule is CCCNc1nc(Cl)nc(N(C)CC2(O)CCCC2)n1. The molecule has 1 aromatic rings. The van der Waals surface area contributed by atoms with Crippen molar-refractivity contribution in [2.24, 2.45) is 0 Å². The van der Waals surface area contributed by atoms with Gasteiger partial charge in [-0.3, -0.25) is 0 Å². The Morgan fingerprint density at radius 1 is 1.30 bits per heavy atom. The van der Waals surface area contributed by atoms with E-state index in [1.165, 1.54) is 0 Å². The highest BCUT2D eigenvalue weighted by molar-refractivity contribution is 6.28. The molecule has 2 N–H and O–H groups in total. The molecule has 0 saturated heterocycles. The topological polar surface area (TPSA) is 74.2 Å². The van der Waals surface area contributed by atoms with Crippen LogP contribution in [0, 0.1) is 0 Å². The van der Waals surface area contributed by atoms with Gasteiger partial charge in [-0.25, -0.2) is 0 Å². The molecular formula is C13H22ClN5O. The normalized spacial score (nSPS) is 17.2. The smallest absolute Gasteiger partial charge is 0.231 e. The number of likely N-dealkylation sites (N-methyl/N-ethyl adjacent to an activating group) is 1. The Hall–Kier alpha value is -1.14. The fourth-order valence-corrected chi connectivity index (χ4v) is 2.69. The van der Waals surface area contributed by atoms with Gasteiger partial charge in [0.1, 0.15) is 0 Å². The summed E-state index contributed by atoms with van der Waals surface area (Å²) in [4.78, 5) is 14.4. The number of anilines is 2. The molecule has 0 atom stereocenters. The molecule has 0 radical (unpaired) electrons. The quantitative estimate of drug-likeness (QED) is 0.838. The van der Waals surface area contributed by atoms with E-state index in [2.05, 4.69) is 27.2 Å². The van der Waals surface area contributed by atoms with Crippen molar-refractivity contribution in [2.75, 3.05) is 30.4 Å². The van der Waals surface area contributed by atoms with Gasteiger partial charge in [0.25, 0.3) is 0 Å². The van der Waals surface area contributed by atoms with Crippen molar-refractivity contribution >= 4 is 23.5 Å². The summed E-state index contributed by atoms with van der Waals surface area (Å²) in [7, 11) is 1.87. The van der Waals surface area contributed by atoms with Crippen LogP contribution < -0.4 is 10.2 Å². The minimum absolute atomic E-state index is 0.166. The first-order valence-electron chi connectivity index (χ1n) is 7.11. The first kappa shape index (κ1) is 15.3. The lowest BCUT2D eigenvalue weighted by molar-refractivity contribution is 0.0556. The lowest BCUT2D eigenvalue weighted by Crippen LogP contribution is -2.40. The number of aliphatic hydroxyl groups is 1. The molecule has 1 heterocycles. The van der Waals surface area contributed by atoms with E-state index in [0.29, 0.717) is 18.4 Å². The van der Waals surface area contributed by atoms with Crippen LogP contribution in [0.1, 0.15) is 39.0 Å². The fraction of sp³-hybridized carbons (Fsp3) is 0.769. The first-order valence-corrected chi connectivity index (χ1v) is 7.49. The highest BCUT2D eigenvalue weighted by Crippen LogP contribution is 2.30. The van der Waals surface area contributed by atoms with Crippen molar-refractivity contribution in [3.05, 3.63) is 5.28 Å². The second-order valence-electron chi connectivity index (χ2n) is 5.44. The Labute approximate surface area is 124 Å². The summed E-state index contributed by atoms with van der Waals surface area (Å²) in [6.45, 7) is 3.37. The molecule has 0 spiro atoms. The van der Waals surface area contributed by atoms with Gasteiger partial charge in [0.15, 0.2) is 0 Å². The zero-order valence-corrected chi connectivity index (χ0v) is 12.8. The summed E-state index contributed by atoms with van der Waals surface area (Å²) in [5.41, 5.74) is -0.634. The zero-order valence-electron chi connectivity index (χ0n) is 12.1. The number of aromatic nitrogens is 3. The van der Waals surface area contributed by atoms with Crippen LogP contribution in [-0.4, -0.2) is 45.8 Å². The summed E-state index contributed by atoms with van der Waals surface area (Å²) in [6.07, 6.45) is 4.79. The van der Waals surface area contributed by atoms with Crippen molar-refractivity contribution < 1.29 is 5.11 Å². The van der Waals surface area contributed by atoms with E-state index < -0.39 is 5.60 Å². The second-order valence-corrected chi connectivity index (χ2v) is 5.78. The van der Waals surface area contributed by atoms with E-state index in [-0.39, 0.29) is 5.28 Å². The zero-order chi connectivity index (χ0) is 14.6. The molecule has 6 nitrogen and oxygen atoms in total. The van der Waals surface area contributed by atoms with Crippen LogP contribution >= 0.6 is 11.6 Å². The highest BCUT2D eigenvalue weighted by atomic mass is 35.5. The second kappa shape index (κ2) is 6.54. The average Bonchev–Trinajstić information content (AvgIpc) is 2.82. The molecule has 0 bridgehead atoms. The maximum Gasteiger partial charge on any atom is 0.231 e. The Morgan fingerprint density at radius 2 is 2.00 bits per heavy atom. The monoisotopic (exact) mass is 299 g/mol. The Kier molecular flexibility index (Phi) is 4.99. The summed E-state index contributed by atoms with van der Waals surface area (Å²) in [5, 5.41) is 13.7. The maximum atomic E-state index is 10.4. The number of nitrogens with one attached hydrogen (secondary N) is 1. The van der Waals surface area contributed by atoms with Gasteiger partial charge < -0.3 is 15.3 Å². The van der Waals surface area contributed by atoms with Gasteiger partial charge in [-0.15, -0.1) is 0 Å². The van der Waals surface area contributed by atoms with E-state index in [4.69, 9.17) is 11.6 Å². The van der Waals surface area contributed by atoms with E-state index in [9.17, 15) is 5.11 Å². The Bertz CT molecular complexity index is 450. The predicted molar refractivity (Wildman–Crippen MR) is 80.3 cm³/mol. The number of hydrogen-bond acceptors (Lipinski definition) is 6. The van der Waals surface area contributed by atoms with Gasteiger partial charge in [-0.1, -0.05) is 19.8 Å². The molecule has 0 unspecified atom stereocenters. The molecule has 1 aliphatic carbocycles. The molecule has 1 saturated carbocycles. The van der Waals surface area contributed by atoms with Crippen LogP contribution in [0.3, 0.4) is 0 Å². The molecule has 1 aromatic heterocycles. The van der Waals surface area contributed by atoms with Crippen molar-refractivity contribution in [1.29, 1.82) is 0 Å². The Balaban J connectivity index is 2.08. The number of rotatable bonds is 6. The lowest BCUT2D eigenvalue weighted by atomic mass is 10.0. The van der Waals surface area contributed by atoms with Gasteiger partial charge in [0.05, 0.1) is 5.60 Å². The maximum absolute atomic E-state index is 10.4.